The third kappa shape index (κ3) is 3.44. The Bertz CT molecular complexity index is 477. The molecule has 1 aliphatic carbocycles. The van der Waals surface area contributed by atoms with E-state index >= 15 is 0 Å². The number of nitrogen functional groups attached to an aromatic ring is 1. The van der Waals surface area contributed by atoms with E-state index in [-0.39, 0.29) is 5.41 Å². The van der Waals surface area contributed by atoms with Gasteiger partial charge in [0.15, 0.2) is 0 Å². The maximum Gasteiger partial charge on any atom is 0.145 e. The Morgan fingerprint density at radius 2 is 2.05 bits per heavy atom. The molecule has 6 heteroatoms. The van der Waals surface area contributed by atoms with Crippen LogP contribution in [-0.4, -0.2) is 28.7 Å². The van der Waals surface area contributed by atoms with Gasteiger partial charge in [-0.15, -0.1) is 0 Å². The molecule has 21 heavy (non-hydrogen) atoms. The van der Waals surface area contributed by atoms with Crippen molar-refractivity contribution in [3.63, 3.8) is 0 Å². The van der Waals surface area contributed by atoms with Crippen molar-refractivity contribution in [1.29, 1.82) is 0 Å². The lowest BCUT2D eigenvalue weighted by Crippen LogP contribution is -2.58. The van der Waals surface area contributed by atoms with Crippen LogP contribution < -0.4 is 16.6 Å². The van der Waals surface area contributed by atoms with E-state index in [0.717, 1.165) is 37.5 Å². The Labute approximate surface area is 126 Å². The van der Waals surface area contributed by atoms with Crippen molar-refractivity contribution in [3.8, 4) is 0 Å². The van der Waals surface area contributed by atoms with Gasteiger partial charge in [-0.2, -0.15) is 0 Å². The van der Waals surface area contributed by atoms with Crippen LogP contribution in [-0.2, 0) is 11.2 Å². The fourth-order valence-electron chi connectivity index (χ4n) is 2.77. The average Bonchev–Trinajstić information content (AvgIpc) is 2.46. The van der Waals surface area contributed by atoms with E-state index in [4.69, 9.17) is 10.6 Å². The van der Waals surface area contributed by atoms with Crippen LogP contribution in [0.1, 0.15) is 46.4 Å². The lowest BCUT2D eigenvalue weighted by atomic mass is 9.64. The van der Waals surface area contributed by atoms with E-state index in [0.29, 0.717) is 18.0 Å². The summed E-state index contributed by atoms with van der Waals surface area (Å²) in [6.07, 6.45) is 3.16. The van der Waals surface area contributed by atoms with Crippen molar-refractivity contribution >= 4 is 11.6 Å². The number of hydrogen-bond acceptors (Lipinski definition) is 6. The maximum absolute atomic E-state index is 5.76. The highest BCUT2D eigenvalue weighted by atomic mass is 16.5. The molecule has 0 aliphatic heterocycles. The topological polar surface area (TPSA) is 85.1 Å². The third-order valence-electron chi connectivity index (χ3n) is 4.26. The van der Waals surface area contributed by atoms with Gasteiger partial charge >= 0.3 is 0 Å². The van der Waals surface area contributed by atoms with Crippen molar-refractivity contribution in [2.45, 2.75) is 59.1 Å². The standard InChI is InChI=1S/C15H27N5O/c1-5-7-12-18-13(9-14(19-12)20-16)17-10-8-11(21-6-2)15(10,3)4/h9-11H,5-8,16H2,1-4H3,(H2,17,18,19,20). The molecule has 2 unspecified atom stereocenters. The summed E-state index contributed by atoms with van der Waals surface area (Å²) in [6.45, 7) is 9.36. The van der Waals surface area contributed by atoms with Crippen molar-refractivity contribution in [2.24, 2.45) is 11.3 Å². The fourth-order valence-corrected chi connectivity index (χ4v) is 2.77. The average molecular weight is 293 g/mol. The SMILES string of the molecule is CCCc1nc(NN)cc(NC2CC(OCC)C2(C)C)n1. The summed E-state index contributed by atoms with van der Waals surface area (Å²) in [6, 6.07) is 2.20. The van der Waals surface area contributed by atoms with Crippen LogP contribution in [0.25, 0.3) is 0 Å². The molecule has 0 aromatic carbocycles. The number of aryl methyl sites for hydroxylation is 1. The van der Waals surface area contributed by atoms with Crippen molar-refractivity contribution in [1.82, 2.24) is 9.97 Å². The molecule has 1 aliphatic rings. The number of ether oxygens (including phenoxy) is 1. The highest BCUT2D eigenvalue weighted by Crippen LogP contribution is 2.44. The summed E-state index contributed by atoms with van der Waals surface area (Å²) in [5.41, 5.74) is 2.71. The van der Waals surface area contributed by atoms with Crippen LogP contribution in [0, 0.1) is 5.41 Å². The molecular formula is C15H27N5O. The lowest BCUT2D eigenvalue weighted by molar-refractivity contribution is -0.0976. The van der Waals surface area contributed by atoms with Gasteiger partial charge in [0.1, 0.15) is 17.5 Å². The minimum Gasteiger partial charge on any atom is -0.378 e. The molecular weight excluding hydrogens is 266 g/mol. The summed E-state index contributed by atoms with van der Waals surface area (Å²) in [4.78, 5) is 8.93. The van der Waals surface area contributed by atoms with Gasteiger partial charge in [-0.1, -0.05) is 20.8 Å². The predicted molar refractivity (Wildman–Crippen MR) is 85.1 cm³/mol. The van der Waals surface area contributed by atoms with Gasteiger partial charge in [0, 0.05) is 30.6 Å². The molecule has 0 radical (unpaired) electrons. The molecule has 0 bridgehead atoms. The number of nitrogens with zero attached hydrogens (tertiary/aromatic N) is 2. The summed E-state index contributed by atoms with van der Waals surface area (Å²) in [5.74, 6) is 7.78. The molecule has 4 N–H and O–H groups in total. The van der Waals surface area contributed by atoms with Gasteiger partial charge in [-0.25, -0.2) is 15.8 Å². The second kappa shape index (κ2) is 6.58. The Hall–Kier alpha value is -1.40. The largest absolute Gasteiger partial charge is 0.378 e. The first-order chi connectivity index (χ1) is 10.0. The first-order valence-corrected chi connectivity index (χ1v) is 7.74. The van der Waals surface area contributed by atoms with Gasteiger partial charge in [-0.05, 0) is 19.8 Å². The van der Waals surface area contributed by atoms with Crippen LogP contribution in [0.2, 0.25) is 0 Å². The molecule has 1 aromatic heterocycles. The van der Waals surface area contributed by atoms with Crippen molar-refractivity contribution < 1.29 is 4.74 Å². The molecule has 0 amide bonds. The minimum atomic E-state index is 0.0994. The Kier molecular flexibility index (Phi) is 5.00. The van der Waals surface area contributed by atoms with E-state index in [1.54, 1.807) is 0 Å². The first kappa shape index (κ1) is 16.0. The quantitative estimate of drug-likeness (QED) is 0.528. The third-order valence-corrected chi connectivity index (χ3v) is 4.26. The Morgan fingerprint density at radius 3 is 2.62 bits per heavy atom. The number of anilines is 2. The summed E-state index contributed by atoms with van der Waals surface area (Å²) in [7, 11) is 0. The molecule has 1 fully saturated rings. The van der Waals surface area contributed by atoms with Crippen LogP contribution in [0.3, 0.4) is 0 Å². The van der Waals surface area contributed by atoms with Crippen LogP contribution in [0.15, 0.2) is 6.07 Å². The van der Waals surface area contributed by atoms with Crippen LogP contribution in [0.5, 0.6) is 0 Å². The van der Waals surface area contributed by atoms with E-state index in [1.807, 2.05) is 13.0 Å². The normalized spacial score (nSPS) is 23.5. The smallest absolute Gasteiger partial charge is 0.145 e. The number of nitrogens with two attached hydrogens (primary N) is 1. The maximum atomic E-state index is 5.76. The zero-order valence-electron chi connectivity index (χ0n) is 13.4. The number of aromatic nitrogens is 2. The molecule has 1 saturated carbocycles. The second-order valence-corrected chi connectivity index (χ2v) is 6.15. The van der Waals surface area contributed by atoms with E-state index < -0.39 is 0 Å². The molecule has 0 saturated heterocycles. The number of rotatable bonds is 7. The lowest BCUT2D eigenvalue weighted by Gasteiger charge is -2.51. The van der Waals surface area contributed by atoms with Crippen LogP contribution >= 0.6 is 0 Å². The molecule has 6 nitrogen and oxygen atoms in total. The predicted octanol–water partition coefficient (Wildman–Crippen LogP) is 2.33. The monoisotopic (exact) mass is 293 g/mol. The number of nitrogens with one attached hydrogen (secondary N) is 2. The molecule has 1 aromatic rings. The van der Waals surface area contributed by atoms with Crippen molar-refractivity contribution in [2.75, 3.05) is 17.3 Å². The Morgan fingerprint density at radius 1 is 1.33 bits per heavy atom. The summed E-state index contributed by atoms with van der Waals surface area (Å²) >= 11 is 0. The first-order valence-electron chi connectivity index (χ1n) is 7.74. The number of hydrazine groups is 1. The van der Waals surface area contributed by atoms with E-state index in [9.17, 15) is 0 Å². The van der Waals surface area contributed by atoms with Gasteiger partial charge in [-0.3, -0.25) is 0 Å². The fraction of sp³-hybridized carbons (Fsp3) is 0.733. The van der Waals surface area contributed by atoms with Crippen molar-refractivity contribution in [3.05, 3.63) is 11.9 Å². The minimum absolute atomic E-state index is 0.0994. The summed E-state index contributed by atoms with van der Waals surface area (Å²) < 4.78 is 5.76. The highest BCUT2D eigenvalue weighted by Gasteiger charge is 2.49. The van der Waals surface area contributed by atoms with E-state index in [2.05, 4.69) is 41.5 Å². The van der Waals surface area contributed by atoms with Gasteiger partial charge in [0.25, 0.3) is 0 Å². The summed E-state index contributed by atoms with van der Waals surface area (Å²) in [5, 5.41) is 3.50. The second-order valence-electron chi connectivity index (χ2n) is 6.15. The Balaban J connectivity index is 2.08. The van der Waals surface area contributed by atoms with Gasteiger partial charge < -0.3 is 15.5 Å². The zero-order chi connectivity index (χ0) is 15.5. The van der Waals surface area contributed by atoms with E-state index in [1.165, 1.54) is 0 Å². The highest BCUT2D eigenvalue weighted by molar-refractivity contribution is 5.48. The molecule has 0 spiro atoms. The molecule has 2 atom stereocenters. The van der Waals surface area contributed by atoms with Gasteiger partial charge in [0.2, 0.25) is 0 Å². The van der Waals surface area contributed by atoms with Crippen LogP contribution in [0.4, 0.5) is 11.6 Å². The molecule has 1 heterocycles. The molecule has 118 valence electrons. The number of hydrogen-bond donors (Lipinski definition) is 3. The zero-order valence-corrected chi connectivity index (χ0v) is 13.4. The van der Waals surface area contributed by atoms with Gasteiger partial charge in [0.05, 0.1) is 6.10 Å². The molecule has 2 rings (SSSR count).